The first kappa shape index (κ1) is 17.5. The highest BCUT2D eigenvalue weighted by molar-refractivity contribution is 5.95. The molecular formula is C22H21FN2O2. The molecule has 2 heterocycles. The third-order valence-electron chi connectivity index (χ3n) is 5.04. The maximum atomic E-state index is 13.9. The van der Waals surface area contributed by atoms with E-state index in [-0.39, 0.29) is 17.8 Å². The molecule has 1 aromatic heterocycles. The smallest absolute Gasteiger partial charge is 0.227 e. The number of carbonyl (C=O) groups excluding carboxylic acids is 1. The molecule has 0 saturated heterocycles. The molecule has 0 N–H and O–H groups in total. The Balaban J connectivity index is 1.47. The van der Waals surface area contributed by atoms with Crippen molar-refractivity contribution in [3.63, 3.8) is 0 Å². The van der Waals surface area contributed by atoms with Crippen molar-refractivity contribution in [2.24, 2.45) is 0 Å². The molecule has 0 saturated carbocycles. The van der Waals surface area contributed by atoms with Crippen molar-refractivity contribution in [1.29, 1.82) is 0 Å². The number of hydrogen-bond donors (Lipinski definition) is 0. The van der Waals surface area contributed by atoms with Crippen LogP contribution in [0.2, 0.25) is 0 Å². The Labute approximate surface area is 157 Å². The summed E-state index contributed by atoms with van der Waals surface area (Å²) in [6, 6.07) is 14.6. The van der Waals surface area contributed by atoms with Gasteiger partial charge in [0.05, 0.1) is 11.8 Å². The van der Waals surface area contributed by atoms with Crippen LogP contribution in [0.4, 0.5) is 10.1 Å². The molecule has 4 rings (SSSR count). The van der Waals surface area contributed by atoms with Gasteiger partial charge in [-0.25, -0.2) is 9.37 Å². The fourth-order valence-electron chi connectivity index (χ4n) is 3.61. The molecule has 1 atom stereocenters. The van der Waals surface area contributed by atoms with E-state index in [9.17, 15) is 9.18 Å². The normalized spacial score (nSPS) is 16.2. The van der Waals surface area contributed by atoms with Crippen LogP contribution < -0.4 is 4.90 Å². The molecule has 0 aliphatic carbocycles. The fraction of sp³-hybridized carbons (Fsp3) is 0.273. The van der Waals surface area contributed by atoms with Crippen LogP contribution in [0.15, 0.2) is 59.1 Å². The summed E-state index contributed by atoms with van der Waals surface area (Å²) in [6.45, 7) is 2.08. The number of benzene rings is 2. The second kappa shape index (κ2) is 7.35. The Morgan fingerprint density at radius 3 is 2.85 bits per heavy atom. The first-order chi connectivity index (χ1) is 13.1. The molecule has 0 spiro atoms. The zero-order valence-electron chi connectivity index (χ0n) is 15.2. The molecule has 0 bridgehead atoms. The molecule has 1 amide bonds. The Kier molecular flexibility index (Phi) is 4.75. The van der Waals surface area contributed by atoms with Crippen molar-refractivity contribution in [2.75, 3.05) is 4.90 Å². The van der Waals surface area contributed by atoms with Gasteiger partial charge in [0.1, 0.15) is 5.82 Å². The van der Waals surface area contributed by atoms with Crippen LogP contribution in [0, 0.1) is 5.82 Å². The standard InChI is InChI=1S/C22H21FN2O2/c1-15-10-11-16-6-2-5-9-19(16)25(15)22(26)13-12-21-24-14-20(27-21)17-7-3-4-8-18(17)23/h2-9,14-15H,10-13H2,1H3. The van der Waals surface area contributed by atoms with E-state index in [1.54, 1.807) is 18.2 Å². The molecule has 3 aromatic rings. The number of rotatable bonds is 4. The van der Waals surface area contributed by atoms with Crippen molar-refractivity contribution in [2.45, 2.75) is 38.6 Å². The molecule has 1 unspecified atom stereocenters. The minimum Gasteiger partial charge on any atom is -0.441 e. The quantitative estimate of drug-likeness (QED) is 0.669. The minimum absolute atomic E-state index is 0.0558. The second-order valence-corrected chi connectivity index (χ2v) is 6.88. The lowest BCUT2D eigenvalue weighted by Crippen LogP contribution is -2.42. The average molecular weight is 364 g/mol. The van der Waals surface area contributed by atoms with Gasteiger partial charge in [0.2, 0.25) is 5.91 Å². The monoisotopic (exact) mass is 364 g/mol. The predicted octanol–water partition coefficient (Wildman–Crippen LogP) is 4.78. The van der Waals surface area contributed by atoms with Gasteiger partial charge in [0.15, 0.2) is 11.7 Å². The summed E-state index contributed by atoms with van der Waals surface area (Å²) in [6.07, 6.45) is 4.15. The number of halogens is 1. The van der Waals surface area contributed by atoms with Gasteiger partial charge in [-0.05, 0) is 43.5 Å². The lowest BCUT2D eigenvalue weighted by Gasteiger charge is -2.35. The molecule has 5 heteroatoms. The van der Waals surface area contributed by atoms with E-state index < -0.39 is 0 Å². The maximum Gasteiger partial charge on any atom is 0.227 e. The summed E-state index contributed by atoms with van der Waals surface area (Å²) in [5.74, 6) is 0.530. The number of aromatic nitrogens is 1. The molecule has 0 radical (unpaired) electrons. The molecular weight excluding hydrogens is 343 g/mol. The fourth-order valence-corrected chi connectivity index (χ4v) is 3.61. The van der Waals surface area contributed by atoms with Gasteiger partial charge >= 0.3 is 0 Å². The van der Waals surface area contributed by atoms with Gasteiger partial charge in [0.25, 0.3) is 0 Å². The molecule has 1 aliphatic heterocycles. The zero-order chi connectivity index (χ0) is 18.8. The molecule has 138 valence electrons. The Morgan fingerprint density at radius 1 is 1.22 bits per heavy atom. The number of nitrogens with zero attached hydrogens (tertiary/aromatic N) is 2. The molecule has 1 aliphatic rings. The van der Waals surface area contributed by atoms with Gasteiger partial charge in [-0.3, -0.25) is 4.79 Å². The highest BCUT2D eigenvalue weighted by Gasteiger charge is 2.27. The zero-order valence-corrected chi connectivity index (χ0v) is 15.2. The van der Waals surface area contributed by atoms with Crippen LogP contribution in [-0.2, 0) is 17.6 Å². The summed E-state index contributed by atoms with van der Waals surface area (Å²) in [7, 11) is 0. The van der Waals surface area contributed by atoms with E-state index in [2.05, 4.69) is 18.0 Å². The largest absolute Gasteiger partial charge is 0.441 e. The van der Waals surface area contributed by atoms with Crippen molar-refractivity contribution in [1.82, 2.24) is 4.98 Å². The van der Waals surface area contributed by atoms with E-state index >= 15 is 0 Å². The van der Waals surface area contributed by atoms with Crippen molar-refractivity contribution in [3.05, 3.63) is 72.0 Å². The Bertz CT molecular complexity index is 966. The Morgan fingerprint density at radius 2 is 2.00 bits per heavy atom. The number of amides is 1. The summed E-state index contributed by atoms with van der Waals surface area (Å²) in [4.78, 5) is 19.0. The lowest BCUT2D eigenvalue weighted by atomic mass is 9.96. The van der Waals surface area contributed by atoms with Crippen LogP contribution in [-0.4, -0.2) is 16.9 Å². The van der Waals surface area contributed by atoms with Gasteiger partial charge in [-0.15, -0.1) is 0 Å². The third-order valence-corrected chi connectivity index (χ3v) is 5.04. The number of hydrogen-bond acceptors (Lipinski definition) is 3. The van der Waals surface area contributed by atoms with Crippen molar-refractivity contribution in [3.8, 4) is 11.3 Å². The maximum absolute atomic E-state index is 13.9. The van der Waals surface area contributed by atoms with Crippen LogP contribution in [0.3, 0.4) is 0 Å². The SMILES string of the molecule is CC1CCc2ccccc2N1C(=O)CCc1ncc(-c2ccccc2F)o1. The van der Waals surface area contributed by atoms with Gasteiger partial charge in [-0.1, -0.05) is 30.3 Å². The predicted molar refractivity (Wildman–Crippen MR) is 102 cm³/mol. The highest BCUT2D eigenvalue weighted by atomic mass is 19.1. The number of oxazole rings is 1. The topological polar surface area (TPSA) is 46.3 Å². The van der Waals surface area contributed by atoms with E-state index in [1.807, 2.05) is 23.1 Å². The number of anilines is 1. The van der Waals surface area contributed by atoms with Gasteiger partial charge in [0, 0.05) is 24.6 Å². The first-order valence-electron chi connectivity index (χ1n) is 9.23. The summed E-state index contributed by atoms with van der Waals surface area (Å²) in [5.41, 5.74) is 2.59. The Hall–Kier alpha value is -2.95. The molecule has 2 aromatic carbocycles. The van der Waals surface area contributed by atoms with Crippen LogP contribution in [0.5, 0.6) is 0 Å². The lowest BCUT2D eigenvalue weighted by molar-refractivity contribution is -0.119. The van der Waals surface area contributed by atoms with Crippen molar-refractivity contribution >= 4 is 11.6 Å². The van der Waals surface area contributed by atoms with E-state index in [4.69, 9.17) is 4.42 Å². The van der Waals surface area contributed by atoms with E-state index in [1.165, 1.54) is 17.8 Å². The van der Waals surface area contributed by atoms with Crippen LogP contribution in [0.1, 0.15) is 31.2 Å². The van der Waals surface area contributed by atoms with Crippen LogP contribution >= 0.6 is 0 Å². The van der Waals surface area contributed by atoms with Gasteiger partial charge in [-0.2, -0.15) is 0 Å². The summed E-state index contributed by atoms with van der Waals surface area (Å²) < 4.78 is 19.5. The van der Waals surface area contributed by atoms with Gasteiger partial charge < -0.3 is 9.32 Å². The number of fused-ring (bicyclic) bond motifs is 1. The first-order valence-corrected chi connectivity index (χ1v) is 9.23. The average Bonchev–Trinajstić information content (AvgIpc) is 3.15. The van der Waals surface area contributed by atoms with Crippen LogP contribution in [0.25, 0.3) is 11.3 Å². The van der Waals surface area contributed by atoms with E-state index in [0.717, 1.165) is 18.5 Å². The minimum atomic E-state index is -0.352. The number of para-hydroxylation sites is 1. The molecule has 4 nitrogen and oxygen atoms in total. The number of aryl methyl sites for hydroxylation is 2. The second-order valence-electron chi connectivity index (χ2n) is 6.88. The summed E-state index contributed by atoms with van der Waals surface area (Å²) >= 11 is 0. The van der Waals surface area contributed by atoms with Crippen molar-refractivity contribution < 1.29 is 13.6 Å². The van der Waals surface area contributed by atoms with E-state index in [0.29, 0.717) is 30.1 Å². The molecule has 0 fully saturated rings. The third kappa shape index (κ3) is 3.50. The highest BCUT2D eigenvalue weighted by Crippen LogP contribution is 2.31. The summed E-state index contributed by atoms with van der Waals surface area (Å²) in [5, 5.41) is 0. The molecule has 27 heavy (non-hydrogen) atoms. The number of carbonyl (C=O) groups is 1.